The van der Waals surface area contributed by atoms with Crippen LogP contribution in [-0.2, 0) is 0 Å². The van der Waals surface area contributed by atoms with Gasteiger partial charge < -0.3 is 5.21 Å². The summed E-state index contributed by atoms with van der Waals surface area (Å²) >= 11 is 0. The van der Waals surface area contributed by atoms with E-state index in [1.54, 1.807) is 18.2 Å². The maximum Gasteiger partial charge on any atom is 0.260 e. The van der Waals surface area contributed by atoms with Crippen molar-refractivity contribution in [2.24, 2.45) is 5.92 Å². The van der Waals surface area contributed by atoms with Gasteiger partial charge in [0.1, 0.15) is 0 Å². The first-order valence-electron chi connectivity index (χ1n) is 8.00. The molecule has 1 aromatic carbocycles. The van der Waals surface area contributed by atoms with Crippen LogP contribution < -0.4 is 4.73 Å². The molecule has 0 amide bonds. The van der Waals surface area contributed by atoms with Gasteiger partial charge in [-0.15, -0.1) is 0 Å². The molecule has 0 spiro atoms. The lowest BCUT2D eigenvalue weighted by Gasteiger charge is -2.32. The van der Waals surface area contributed by atoms with Crippen molar-refractivity contribution in [2.75, 3.05) is 0 Å². The molecule has 1 heterocycles. The molecule has 1 aromatic heterocycles. The summed E-state index contributed by atoms with van der Waals surface area (Å²) in [6, 6.07) is 15.2. The molecule has 0 radical (unpaired) electrons. The van der Waals surface area contributed by atoms with Gasteiger partial charge in [-0.05, 0) is 44.2 Å². The number of pyridine rings is 1. The Balaban J connectivity index is 2.00. The van der Waals surface area contributed by atoms with Gasteiger partial charge in [0.15, 0.2) is 6.20 Å². The summed E-state index contributed by atoms with van der Waals surface area (Å²) in [5.41, 5.74) is 4.03. The fourth-order valence-corrected chi connectivity index (χ4v) is 3.43. The molecule has 0 aliphatic heterocycles. The van der Waals surface area contributed by atoms with Gasteiger partial charge >= 0.3 is 0 Å². The van der Waals surface area contributed by atoms with Crippen molar-refractivity contribution < 1.29 is 9.52 Å². The molecule has 0 saturated carbocycles. The number of hydrogen-bond acceptors (Lipinski definition) is 2. The Morgan fingerprint density at radius 2 is 1.65 bits per heavy atom. The predicted octanol–water partition coefficient (Wildman–Crippen LogP) is 4.03. The van der Waals surface area contributed by atoms with E-state index < -0.39 is 0 Å². The number of ketones is 1. The molecule has 3 nitrogen and oxygen atoms in total. The van der Waals surface area contributed by atoms with Crippen molar-refractivity contribution in [3.63, 3.8) is 0 Å². The van der Waals surface area contributed by atoms with Crippen LogP contribution in [-0.4, -0.2) is 5.78 Å². The van der Waals surface area contributed by atoms with Gasteiger partial charge in [0.2, 0.25) is 5.78 Å². The molecular formula is C20H21NO2. The fourth-order valence-electron chi connectivity index (χ4n) is 3.43. The third-order valence-corrected chi connectivity index (χ3v) is 4.91. The molecule has 0 saturated heterocycles. The largest absolute Gasteiger partial charge is 0.618 e. The minimum Gasteiger partial charge on any atom is -0.618 e. The van der Waals surface area contributed by atoms with E-state index in [1.807, 2.05) is 18.2 Å². The van der Waals surface area contributed by atoms with E-state index in [2.05, 4.69) is 26.0 Å². The monoisotopic (exact) mass is 307 g/mol. The number of carbonyl (C=O) groups excluding carboxylic acids is 1. The van der Waals surface area contributed by atoms with Crippen LogP contribution in [0.3, 0.4) is 0 Å². The van der Waals surface area contributed by atoms with Crippen molar-refractivity contribution in [1.82, 2.24) is 0 Å². The molecular weight excluding hydrogens is 286 g/mol. The number of benzene rings is 1. The number of hydrogen-bond donors (Lipinski definition) is 0. The number of nitrogens with zero attached hydrogens (tertiary/aromatic N) is 1. The van der Waals surface area contributed by atoms with E-state index in [0.717, 1.165) is 12.8 Å². The second-order valence-electron chi connectivity index (χ2n) is 6.37. The van der Waals surface area contributed by atoms with Crippen molar-refractivity contribution in [2.45, 2.75) is 32.6 Å². The first-order valence-corrected chi connectivity index (χ1v) is 8.00. The lowest BCUT2D eigenvalue weighted by molar-refractivity contribution is -0.607. The van der Waals surface area contributed by atoms with Crippen LogP contribution in [0.4, 0.5) is 0 Å². The molecule has 23 heavy (non-hydrogen) atoms. The summed E-state index contributed by atoms with van der Waals surface area (Å²) in [5.74, 6) is -0.0994. The number of rotatable bonds is 3. The second kappa shape index (κ2) is 6.37. The van der Waals surface area contributed by atoms with Gasteiger partial charge in [0.05, 0.1) is 0 Å². The van der Waals surface area contributed by atoms with Crippen LogP contribution in [0.25, 0.3) is 0 Å². The molecule has 0 unspecified atom stereocenters. The summed E-state index contributed by atoms with van der Waals surface area (Å²) < 4.78 is 0.685. The van der Waals surface area contributed by atoms with Gasteiger partial charge in [-0.1, -0.05) is 41.5 Å². The highest BCUT2D eigenvalue weighted by Gasteiger charge is 2.36. The van der Waals surface area contributed by atoms with Crippen LogP contribution in [0.1, 0.15) is 48.7 Å². The number of aromatic nitrogens is 1. The SMILES string of the molecule is CC1=C(C)C[C@H](c2ccccc2)[C@@H](C(=O)c2cccc[n+]2[O-])C1. The van der Waals surface area contributed by atoms with Gasteiger partial charge in [-0.25, -0.2) is 0 Å². The number of Topliss-reactive ketones (excluding diaryl/α,β-unsaturated/α-hetero) is 1. The van der Waals surface area contributed by atoms with Crippen LogP contribution >= 0.6 is 0 Å². The molecule has 0 fully saturated rings. The first kappa shape index (κ1) is 15.5. The Morgan fingerprint density at radius 3 is 2.35 bits per heavy atom. The zero-order valence-electron chi connectivity index (χ0n) is 13.5. The van der Waals surface area contributed by atoms with Crippen LogP contribution in [0.15, 0.2) is 65.9 Å². The minimum absolute atomic E-state index is 0.0543. The van der Waals surface area contributed by atoms with E-state index in [9.17, 15) is 10.0 Å². The molecule has 3 rings (SSSR count). The topological polar surface area (TPSA) is 44.0 Å². The smallest absolute Gasteiger partial charge is 0.260 e. The number of allylic oxidation sites excluding steroid dienone is 2. The van der Waals surface area contributed by atoms with E-state index in [4.69, 9.17) is 0 Å². The van der Waals surface area contributed by atoms with Crippen LogP contribution in [0.2, 0.25) is 0 Å². The second-order valence-corrected chi connectivity index (χ2v) is 6.37. The van der Waals surface area contributed by atoms with E-state index in [0.29, 0.717) is 4.73 Å². The summed E-state index contributed by atoms with van der Waals surface area (Å²) in [6.07, 6.45) is 2.98. The zero-order chi connectivity index (χ0) is 16.4. The predicted molar refractivity (Wildman–Crippen MR) is 90.0 cm³/mol. The molecule has 118 valence electrons. The van der Waals surface area contributed by atoms with Gasteiger partial charge in [-0.3, -0.25) is 4.79 Å². The van der Waals surface area contributed by atoms with Crippen molar-refractivity contribution in [1.29, 1.82) is 0 Å². The Morgan fingerprint density at radius 1 is 1.00 bits per heavy atom. The summed E-state index contributed by atoms with van der Waals surface area (Å²) in [4.78, 5) is 13.0. The Kier molecular flexibility index (Phi) is 4.28. The maximum absolute atomic E-state index is 13.0. The zero-order valence-corrected chi connectivity index (χ0v) is 13.5. The van der Waals surface area contributed by atoms with E-state index >= 15 is 0 Å². The van der Waals surface area contributed by atoms with Gasteiger partial charge in [0, 0.05) is 18.1 Å². The fraction of sp³-hybridized carbons (Fsp3) is 0.300. The first-order chi connectivity index (χ1) is 11.1. The van der Waals surface area contributed by atoms with Crippen molar-refractivity contribution in [3.8, 4) is 0 Å². The molecule has 0 bridgehead atoms. The van der Waals surface area contributed by atoms with Crippen molar-refractivity contribution >= 4 is 5.78 Å². The summed E-state index contributed by atoms with van der Waals surface area (Å²) in [6.45, 7) is 4.23. The normalized spacial score (nSPS) is 21.3. The Bertz CT molecular complexity index is 749. The standard InChI is InChI=1S/C20H21NO2/c1-14-12-17(16-8-4-3-5-9-16)18(13-15(14)2)20(22)19-10-6-7-11-21(19)23/h3-11,17-18H,12-13H2,1-2H3/t17-,18+/m1/s1. The van der Waals surface area contributed by atoms with Crippen LogP contribution in [0.5, 0.6) is 0 Å². The number of carbonyl (C=O) groups is 1. The lowest BCUT2D eigenvalue weighted by atomic mass is 9.71. The molecule has 1 aliphatic rings. The Labute approximate surface area is 136 Å². The van der Waals surface area contributed by atoms with Gasteiger partial charge in [0.25, 0.3) is 5.69 Å². The average molecular weight is 307 g/mol. The minimum atomic E-state index is -0.177. The highest BCUT2D eigenvalue weighted by Crippen LogP contribution is 2.41. The summed E-state index contributed by atoms with van der Waals surface area (Å²) in [7, 11) is 0. The molecule has 1 aliphatic carbocycles. The third-order valence-electron chi connectivity index (χ3n) is 4.91. The van der Waals surface area contributed by atoms with E-state index in [1.165, 1.54) is 22.9 Å². The Hall–Kier alpha value is -2.42. The van der Waals surface area contributed by atoms with Crippen molar-refractivity contribution in [3.05, 3.63) is 82.3 Å². The molecule has 2 atom stereocenters. The molecule has 0 N–H and O–H groups in total. The van der Waals surface area contributed by atoms with E-state index in [-0.39, 0.29) is 23.3 Å². The highest BCUT2D eigenvalue weighted by molar-refractivity contribution is 5.95. The molecule has 3 heteroatoms. The highest BCUT2D eigenvalue weighted by atomic mass is 16.5. The summed E-state index contributed by atoms with van der Waals surface area (Å²) in [5, 5.41) is 12.0. The maximum atomic E-state index is 13.0. The quantitative estimate of drug-likeness (QED) is 0.372. The average Bonchev–Trinajstić information content (AvgIpc) is 2.57. The van der Waals surface area contributed by atoms with Crippen LogP contribution in [0, 0.1) is 11.1 Å². The third kappa shape index (κ3) is 3.04. The molecule has 2 aromatic rings. The lowest BCUT2D eigenvalue weighted by Crippen LogP contribution is -2.38. The van der Waals surface area contributed by atoms with Gasteiger partial charge in [-0.2, -0.15) is 4.73 Å².